The predicted octanol–water partition coefficient (Wildman–Crippen LogP) is 4.61. The molecule has 2 rings (SSSR count). The highest BCUT2D eigenvalue weighted by atomic mass is 35.5. The standard InChI is InChI=1S/C11H5Cl3O/c12-8-1-2-9(13)11-7(8)3-6(5-15)4-10(11)14/h1-5H. The fourth-order valence-corrected chi connectivity index (χ4v) is 2.30. The number of fused-ring (bicyclic) bond motifs is 1. The summed E-state index contributed by atoms with van der Waals surface area (Å²) in [7, 11) is 0. The molecular weight excluding hydrogens is 254 g/mol. The van der Waals surface area contributed by atoms with Crippen molar-refractivity contribution in [3.05, 3.63) is 44.9 Å². The zero-order valence-electron chi connectivity index (χ0n) is 7.43. The first kappa shape index (κ1) is 10.7. The maximum Gasteiger partial charge on any atom is 0.150 e. The Morgan fingerprint density at radius 2 is 1.60 bits per heavy atom. The predicted molar refractivity (Wildman–Crippen MR) is 64.4 cm³/mol. The van der Waals surface area contributed by atoms with E-state index in [1.165, 1.54) is 0 Å². The number of aldehydes is 1. The van der Waals surface area contributed by atoms with Crippen LogP contribution in [-0.2, 0) is 0 Å². The molecule has 0 atom stereocenters. The molecule has 0 heterocycles. The van der Waals surface area contributed by atoms with Crippen LogP contribution in [0.25, 0.3) is 10.8 Å². The number of hydrogen-bond acceptors (Lipinski definition) is 1. The van der Waals surface area contributed by atoms with E-state index in [0.717, 1.165) is 6.29 Å². The summed E-state index contributed by atoms with van der Waals surface area (Å²) in [4.78, 5) is 10.7. The van der Waals surface area contributed by atoms with Crippen LogP contribution in [0.4, 0.5) is 0 Å². The van der Waals surface area contributed by atoms with Crippen molar-refractivity contribution in [1.29, 1.82) is 0 Å². The molecule has 0 aliphatic rings. The summed E-state index contributed by atoms with van der Waals surface area (Å²) in [6.45, 7) is 0. The lowest BCUT2D eigenvalue weighted by molar-refractivity contribution is 0.112. The van der Waals surface area contributed by atoms with Crippen molar-refractivity contribution in [2.24, 2.45) is 0 Å². The summed E-state index contributed by atoms with van der Waals surface area (Å²) < 4.78 is 0. The zero-order valence-corrected chi connectivity index (χ0v) is 9.70. The van der Waals surface area contributed by atoms with Crippen LogP contribution >= 0.6 is 34.8 Å². The van der Waals surface area contributed by atoms with E-state index in [9.17, 15) is 4.79 Å². The van der Waals surface area contributed by atoms with Gasteiger partial charge in [-0.25, -0.2) is 0 Å². The molecule has 0 aliphatic carbocycles. The number of carbonyl (C=O) groups is 1. The number of benzene rings is 2. The van der Waals surface area contributed by atoms with E-state index in [2.05, 4.69) is 0 Å². The molecule has 0 N–H and O–H groups in total. The third kappa shape index (κ3) is 1.83. The van der Waals surface area contributed by atoms with Crippen LogP contribution in [0.1, 0.15) is 10.4 Å². The highest BCUT2D eigenvalue weighted by Crippen LogP contribution is 2.35. The zero-order chi connectivity index (χ0) is 11.0. The summed E-state index contributed by atoms with van der Waals surface area (Å²) in [5.41, 5.74) is 0.483. The smallest absolute Gasteiger partial charge is 0.150 e. The van der Waals surface area contributed by atoms with Crippen LogP contribution in [0.2, 0.25) is 15.1 Å². The van der Waals surface area contributed by atoms with Crippen LogP contribution in [0.3, 0.4) is 0 Å². The summed E-state index contributed by atoms with van der Waals surface area (Å²) in [6.07, 6.45) is 0.725. The molecule has 0 aromatic heterocycles. The lowest BCUT2D eigenvalue weighted by atomic mass is 10.1. The lowest BCUT2D eigenvalue weighted by Crippen LogP contribution is -1.84. The third-order valence-electron chi connectivity index (χ3n) is 2.12. The van der Waals surface area contributed by atoms with E-state index in [1.54, 1.807) is 24.3 Å². The van der Waals surface area contributed by atoms with Crippen LogP contribution in [0.15, 0.2) is 24.3 Å². The number of hydrogen-bond donors (Lipinski definition) is 0. The fraction of sp³-hybridized carbons (Fsp3) is 0. The fourth-order valence-electron chi connectivity index (χ4n) is 1.45. The Balaban J connectivity index is 2.96. The Hall–Kier alpha value is -0.760. The van der Waals surface area contributed by atoms with Crippen molar-refractivity contribution in [3.63, 3.8) is 0 Å². The second kappa shape index (κ2) is 4.01. The van der Waals surface area contributed by atoms with Gasteiger partial charge in [-0.3, -0.25) is 4.79 Å². The molecule has 1 nitrogen and oxygen atoms in total. The molecular formula is C11H5Cl3O. The van der Waals surface area contributed by atoms with E-state index in [0.29, 0.717) is 31.4 Å². The first-order chi connectivity index (χ1) is 7.13. The van der Waals surface area contributed by atoms with E-state index in [-0.39, 0.29) is 0 Å². The minimum Gasteiger partial charge on any atom is -0.298 e. The van der Waals surface area contributed by atoms with Gasteiger partial charge >= 0.3 is 0 Å². The molecule has 15 heavy (non-hydrogen) atoms. The van der Waals surface area contributed by atoms with E-state index < -0.39 is 0 Å². The van der Waals surface area contributed by atoms with Crippen molar-refractivity contribution in [3.8, 4) is 0 Å². The number of rotatable bonds is 1. The average molecular weight is 260 g/mol. The molecule has 0 bridgehead atoms. The van der Waals surface area contributed by atoms with Crippen molar-refractivity contribution in [2.75, 3.05) is 0 Å². The van der Waals surface area contributed by atoms with Gasteiger partial charge in [0.2, 0.25) is 0 Å². The third-order valence-corrected chi connectivity index (χ3v) is 3.06. The molecule has 0 spiro atoms. The average Bonchev–Trinajstić information content (AvgIpc) is 2.23. The van der Waals surface area contributed by atoms with Gasteiger partial charge in [0.05, 0.1) is 5.02 Å². The molecule has 0 aliphatic heterocycles. The van der Waals surface area contributed by atoms with Gasteiger partial charge < -0.3 is 0 Å². The minimum atomic E-state index is 0.433. The second-order valence-corrected chi connectivity index (χ2v) is 4.29. The maximum atomic E-state index is 10.7. The highest BCUT2D eigenvalue weighted by molar-refractivity contribution is 6.45. The van der Waals surface area contributed by atoms with Crippen LogP contribution in [0, 0.1) is 0 Å². The molecule has 76 valence electrons. The molecule has 2 aromatic rings. The molecule has 0 saturated carbocycles. The summed E-state index contributed by atoms with van der Waals surface area (Å²) in [5, 5.41) is 2.86. The van der Waals surface area contributed by atoms with Crippen molar-refractivity contribution < 1.29 is 4.79 Å². The Morgan fingerprint density at radius 3 is 2.27 bits per heavy atom. The minimum absolute atomic E-state index is 0.433. The second-order valence-electron chi connectivity index (χ2n) is 3.07. The molecule has 0 amide bonds. The van der Waals surface area contributed by atoms with Gasteiger partial charge in [-0.2, -0.15) is 0 Å². The largest absolute Gasteiger partial charge is 0.298 e. The van der Waals surface area contributed by atoms with Gasteiger partial charge in [0.15, 0.2) is 0 Å². The number of carbonyl (C=O) groups excluding carboxylic acids is 1. The highest BCUT2D eigenvalue weighted by Gasteiger charge is 2.08. The first-order valence-corrected chi connectivity index (χ1v) is 5.29. The van der Waals surface area contributed by atoms with Crippen LogP contribution in [0.5, 0.6) is 0 Å². The van der Waals surface area contributed by atoms with Crippen molar-refractivity contribution in [1.82, 2.24) is 0 Å². The van der Waals surface area contributed by atoms with Gasteiger partial charge in [-0.15, -0.1) is 0 Å². The Kier molecular flexibility index (Phi) is 2.87. The quantitative estimate of drug-likeness (QED) is 0.683. The molecule has 0 unspecified atom stereocenters. The lowest BCUT2D eigenvalue weighted by Gasteiger charge is -2.05. The Bertz CT molecular complexity index is 549. The topological polar surface area (TPSA) is 17.1 Å². The van der Waals surface area contributed by atoms with Gasteiger partial charge in [0, 0.05) is 26.4 Å². The molecule has 0 fully saturated rings. The van der Waals surface area contributed by atoms with Crippen molar-refractivity contribution >= 4 is 51.9 Å². The summed E-state index contributed by atoms with van der Waals surface area (Å²) in [6, 6.07) is 6.59. The Labute approximate surface area is 102 Å². The first-order valence-electron chi connectivity index (χ1n) is 4.16. The molecule has 0 radical (unpaired) electrons. The molecule has 0 saturated heterocycles. The van der Waals surface area contributed by atoms with E-state index >= 15 is 0 Å². The molecule has 4 heteroatoms. The van der Waals surface area contributed by atoms with Gasteiger partial charge in [-0.05, 0) is 24.3 Å². The Morgan fingerprint density at radius 1 is 0.933 bits per heavy atom. The van der Waals surface area contributed by atoms with Gasteiger partial charge in [0.1, 0.15) is 6.29 Å². The summed E-state index contributed by atoms with van der Waals surface area (Å²) >= 11 is 18.0. The van der Waals surface area contributed by atoms with Crippen LogP contribution in [-0.4, -0.2) is 6.29 Å². The van der Waals surface area contributed by atoms with Crippen molar-refractivity contribution in [2.45, 2.75) is 0 Å². The monoisotopic (exact) mass is 258 g/mol. The van der Waals surface area contributed by atoms with Gasteiger partial charge in [0.25, 0.3) is 0 Å². The van der Waals surface area contributed by atoms with E-state index in [1.807, 2.05) is 0 Å². The summed E-state index contributed by atoms with van der Waals surface area (Å²) in [5.74, 6) is 0. The number of halogens is 3. The van der Waals surface area contributed by atoms with E-state index in [4.69, 9.17) is 34.8 Å². The van der Waals surface area contributed by atoms with Gasteiger partial charge in [-0.1, -0.05) is 34.8 Å². The normalized spacial score (nSPS) is 10.6. The maximum absolute atomic E-state index is 10.7. The SMILES string of the molecule is O=Cc1cc(Cl)c2c(Cl)ccc(Cl)c2c1. The van der Waals surface area contributed by atoms with Crippen LogP contribution < -0.4 is 0 Å². The molecule has 2 aromatic carbocycles.